The Morgan fingerprint density at radius 2 is 2.24 bits per heavy atom. The molecule has 1 amide bonds. The van der Waals surface area contributed by atoms with Crippen LogP contribution >= 0.6 is 0 Å². The number of ether oxygens (including phenoxy) is 1. The third kappa shape index (κ3) is 2.48. The van der Waals surface area contributed by atoms with Crippen LogP contribution in [0.2, 0.25) is 0 Å². The maximum atomic E-state index is 11.4. The molecule has 1 atom stereocenters. The van der Waals surface area contributed by atoms with Gasteiger partial charge in [-0.05, 0) is 18.9 Å². The maximum Gasteiger partial charge on any atom is 0.224 e. The van der Waals surface area contributed by atoms with Crippen LogP contribution in [0, 0.1) is 6.92 Å². The zero-order valence-corrected chi connectivity index (χ0v) is 10.1. The molecule has 1 heterocycles. The number of methoxy groups -OCH3 is 1. The quantitative estimate of drug-likeness (QED) is 0.836. The van der Waals surface area contributed by atoms with Crippen LogP contribution in [0.15, 0.2) is 12.1 Å². The van der Waals surface area contributed by atoms with Gasteiger partial charge in [-0.1, -0.05) is 17.7 Å². The highest BCUT2D eigenvalue weighted by atomic mass is 16.5. The number of carbonyl (C=O) groups excluding carboxylic acids is 1. The van der Waals surface area contributed by atoms with Crippen molar-refractivity contribution >= 4 is 11.6 Å². The van der Waals surface area contributed by atoms with E-state index in [0.717, 1.165) is 28.8 Å². The minimum absolute atomic E-state index is 0.00669. The van der Waals surface area contributed by atoms with Crippen LogP contribution in [0.25, 0.3) is 0 Å². The minimum atomic E-state index is -0.702. The molecule has 0 radical (unpaired) electrons. The van der Waals surface area contributed by atoms with E-state index >= 15 is 0 Å². The number of aryl methyl sites for hydroxylation is 2. The summed E-state index contributed by atoms with van der Waals surface area (Å²) in [6.07, 6.45) is 0.540. The second kappa shape index (κ2) is 4.85. The number of nitrogens with one attached hydrogen (secondary N) is 1. The van der Waals surface area contributed by atoms with E-state index in [9.17, 15) is 9.90 Å². The Hall–Kier alpha value is -1.39. The van der Waals surface area contributed by atoms with Crippen molar-refractivity contribution in [1.29, 1.82) is 0 Å². The molecule has 1 aromatic rings. The van der Waals surface area contributed by atoms with Crippen LogP contribution in [-0.4, -0.2) is 24.7 Å². The van der Waals surface area contributed by atoms with Gasteiger partial charge in [0.2, 0.25) is 5.91 Å². The number of fused-ring (bicyclic) bond motifs is 1. The summed E-state index contributed by atoms with van der Waals surface area (Å²) in [6.45, 7) is 2.21. The molecular weight excluding hydrogens is 218 g/mol. The molecule has 0 aliphatic carbocycles. The van der Waals surface area contributed by atoms with Crippen LogP contribution in [-0.2, 0) is 16.0 Å². The highest BCUT2D eigenvalue weighted by Gasteiger charge is 2.21. The second-order valence-electron chi connectivity index (χ2n) is 4.41. The van der Waals surface area contributed by atoms with Crippen molar-refractivity contribution in [3.05, 3.63) is 28.8 Å². The van der Waals surface area contributed by atoms with E-state index in [4.69, 9.17) is 4.74 Å². The highest BCUT2D eigenvalue weighted by Crippen LogP contribution is 2.32. The van der Waals surface area contributed by atoms with E-state index in [1.54, 1.807) is 7.11 Å². The summed E-state index contributed by atoms with van der Waals surface area (Å²) in [4.78, 5) is 11.4. The third-order valence-electron chi connectivity index (χ3n) is 2.96. The molecule has 2 rings (SSSR count). The predicted octanol–water partition coefficient (Wildman–Crippen LogP) is 1.56. The number of hydrogen-bond acceptors (Lipinski definition) is 3. The largest absolute Gasteiger partial charge is 0.386 e. The van der Waals surface area contributed by atoms with Crippen molar-refractivity contribution in [2.75, 3.05) is 19.0 Å². The number of aliphatic hydroxyl groups is 1. The van der Waals surface area contributed by atoms with E-state index in [-0.39, 0.29) is 12.5 Å². The van der Waals surface area contributed by atoms with E-state index in [2.05, 4.69) is 11.4 Å². The van der Waals surface area contributed by atoms with Gasteiger partial charge in [0.1, 0.15) is 6.10 Å². The van der Waals surface area contributed by atoms with Gasteiger partial charge in [-0.15, -0.1) is 0 Å². The van der Waals surface area contributed by atoms with Gasteiger partial charge in [0.05, 0.1) is 6.61 Å². The summed E-state index contributed by atoms with van der Waals surface area (Å²) in [6, 6.07) is 3.95. The summed E-state index contributed by atoms with van der Waals surface area (Å²) in [5, 5.41) is 12.9. The molecule has 0 bridgehead atoms. The summed E-state index contributed by atoms with van der Waals surface area (Å²) >= 11 is 0. The minimum Gasteiger partial charge on any atom is -0.386 e. The van der Waals surface area contributed by atoms with E-state index in [1.807, 2.05) is 13.0 Å². The first-order valence-electron chi connectivity index (χ1n) is 5.72. The summed E-state index contributed by atoms with van der Waals surface area (Å²) < 4.78 is 4.95. The molecule has 4 nitrogen and oxygen atoms in total. The molecule has 1 aliphatic rings. The van der Waals surface area contributed by atoms with Crippen LogP contribution in [0.1, 0.15) is 29.2 Å². The smallest absolute Gasteiger partial charge is 0.224 e. The molecule has 0 saturated carbocycles. The second-order valence-corrected chi connectivity index (χ2v) is 4.41. The molecular formula is C13H17NO3. The van der Waals surface area contributed by atoms with Crippen LogP contribution in [0.5, 0.6) is 0 Å². The van der Waals surface area contributed by atoms with Gasteiger partial charge in [0.25, 0.3) is 0 Å². The number of anilines is 1. The normalized spacial score (nSPS) is 16.3. The Bertz CT molecular complexity index is 443. The third-order valence-corrected chi connectivity index (χ3v) is 2.96. The van der Waals surface area contributed by atoms with Crippen molar-refractivity contribution in [1.82, 2.24) is 0 Å². The molecule has 0 saturated heterocycles. The molecule has 0 fully saturated rings. The first kappa shape index (κ1) is 12.1. The Morgan fingerprint density at radius 1 is 1.47 bits per heavy atom. The number of hydrogen-bond donors (Lipinski definition) is 2. The van der Waals surface area contributed by atoms with Gasteiger partial charge in [-0.2, -0.15) is 0 Å². The van der Waals surface area contributed by atoms with Crippen molar-refractivity contribution in [2.24, 2.45) is 0 Å². The molecule has 0 spiro atoms. The molecule has 1 aromatic carbocycles. The first-order chi connectivity index (χ1) is 8.11. The van der Waals surface area contributed by atoms with E-state index in [1.165, 1.54) is 0 Å². The average molecular weight is 235 g/mol. The van der Waals surface area contributed by atoms with E-state index in [0.29, 0.717) is 6.42 Å². The summed E-state index contributed by atoms with van der Waals surface area (Å²) in [7, 11) is 1.55. The molecule has 2 N–H and O–H groups in total. The Balaban J connectivity index is 2.43. The number of amides is 1. The molecule has 1 aliphatic heterocycles. The zero-order valence-electron chi connectivity index (χ0n) is 10.1. The fourth-order valence-corrected chi connectivity index (χ4v) is 2.20. The summed E-state index contributed by atoms with van der Waals surface area (Å²) in [5.74, 6) is 0.00669. The molecule has 92 valence electrons. The lowest BCUT2D eigenvalue weighted by Gasteiger charge is -2.23. The van der Waals surface area contributed by atoms with E-state index < -0.39 is 6.10 Å². The Kier molecular flexibility index (Phi) is 3.45. The van der Waals surface area contributed by atoms with Crippen molar-refractivity contribution in [2.45, 2.75) is 25.9 Å². The summed E-state index contributed by atoms with van der Waals surface area (Å²) in [5.41, 5.74) is 3.69. The van der Waals surface area contributed by atoms with Gasteiger partial charge < -0.3 is 15.2 Å². The van der Waals surface area contributed by atoms with Crippen molar-refractivity contribution < 1.29 is 14.6 Å². The van der Waals surface area contributed by atoms with Gasteiger partial charge in [0, 0.05) is 24.8 Å². The Morgan fingerprint density at radius 3 is 2.94 bits per heavy atom. The number of rotatable bonds is 3. The predicted molar refractivity (Wildman–Crippen MR) is 65.0 cm³/mol. The van der Waals surface area contributed by atoms with Gasteiger partial charge in [-0.3, -0.25) is 4.79 Å². The fraction of sp³-hybridized carbons (Fsp3) is 0.462. The molecule has 4 heteroatoms. The molecule has 17 heavy (non-hydrogen) atoms. The lowest BCUT2D eigenvalue weighted by Crippen LogP contribution is -2.22. The van der Waals surface area contributed by atoms with Crippen molar-refractivity contribution in [3.8, 4) is 0 Å². The monoisotopic (exact) mass is 235 g/mol. The Labute approximate surface area is 101 Å². The van der Waals surface area contributed by atoms with Gasteiger partial charge in [-0.25, -0.2) is 0 Å². The maximum absolute atomic E-state index is 11.4. The van der Waals surface area contributed by atoms with Crippen LogP contribution < -0.4 is 5.32 Å². The lowest BCUT2D eigenvalue weighted by atomic mass is 9.94. The SMILES string of the molecule is COCC(O)c1cc(C)cc2c1NC(=O)CC2. The standard InChI is InChI=1S/C13H17NO3/c1-8-5-9-3-4-12(16)14-13(9)10(6-8)11(15)7-17-2/h5-6,11,15H,3-4,7H2,1-2H3,(H,14,16). The molecule has 0 aromatic heterocycles. The number of benzene rings is 1. The zero-order chi connectivity index (χ0) is 12.4. The van der Waals surface area contributed by atoms with Crippen molar-refractivity contribution in [3.63, 3.8) is 0 Å². The first-order valence-corrected chi connectivity index (χ1v) is 5.72. The van der Waals surface area contributed by atoms with Gasteiger partial charge in [0.15, 0.2) is 0 Å². The highest BCUT2D eigenvalue weighted by molar-refractivity contribution is 5.95. The van der Waals surface area contributed by atoms with Crippen LogP contribution in [0.3, 0.4) is 0 Å². The molecule has 1 unspecified atom stereocenters. The van der Waals surface area contributed by atoms with Gasteiger partial charge >= 0.3 is 0 Å². The average Bonchev–Trinajstić information content (AvgIpc) is 2.29. The number of aliphatic hydroxyl groups excluding tert-OH is 1. The lowest BCUT2D eigenvalue weighted by molar-refractivity contribution is -0.116. The number of carbonyl (C=O) groups is 1. The van der Waals surface area contributed by atoms with Crippen LogP contribution in [0.4, 0.5) is 5.69 Å². The topological polar surface area (TPSA) is 58.6 Å². The fourth-order valence-electron chi connectivity index (χ4n) is 2.20.